The molecule has 2 aromatic carbocycles. The lowest BCUT2D eigenvalue weighted by Crippen LogP contribution is -2.19. The van der Waals surface area contributed by atoms with Crippen molar-refractivity contribution in [2.24, 2.45) is 0 Å². The van der Waals surface area contributed by atoms with Crippen LogP contribution in [0.5, 0.6) is 5.75 Å². The largest absolute Gasteiger partial charge is 0.497 e. The summed E-state index contributed by atoms with van der Waals surface area (Å²) in [5.74, 6) is -0.680. The third kappa shape index (κ3) is 2.27. The summed E-state index contributed by atoms with van der Waals surface area (Å²) in [7, 11) is 1.54. The van der Waals surface area contributed by atoms with Crippen LogP contribution in [0.15, 0.2) is 57.7 Å². The van der Waals surface area contributed by atoms with E-state index in [1.807, 2.05) is 18.2 Å². The van der Waals surface area contributed by atoms with Crippen LogP contribution in [0.3, 0.4) is 0 Å². The Morgan fingerprint density at radius 1 is 1.12 bits per heavy atom. The number of methoxy groups -OCH3 is 1. The van der Waals surface area contributed by atoms with Crippen molar-refractivity contribution in [3.05, 3.63) is 64.4 Å². The van der Waals surface area contributed by atoms with Crippen LogP contribution in [0.4, 0.5) is 0 Å². The summed E-state index contributed by atoms with van der Waals surface area (Å²) in [5, 5.41) is 10.3. The minimum atomic E-state index is -1.31. The number of H-pyrrole nitrogens is 1. The number of para-hydroxylation sites is 1. The molecule has 6 nitrogen and oxygen atoms in total. The van der Waals surface area contributed by atoms with Gasteiger partial charge in [-0.15, -0.1) is 0 Å². The molecule has 0 saturated heterocycles. The molecule has 25 heavy (non-hydrogen) atoms. The Labute approximate surface area is 141 Å². The molecule has 0 bridgehead atoms. The summed E-state index contributed by atoms with van der Waals surface area (Å²) in [6.07, 6.45) is 0. The molecular weight excluding hydrogens is 322 g/mol. The summed E-state index contributed by atoms with van der Waals surface area (Å²) >= 11 is 0. The molecule has 2 heterocycles. The zero-order valence-electron chi connectivity index (χ0n) is 13.2. The molecule has 4 aromatic rings. The quantitative estimate of drug-likeness (QED) is 0.596. The minimum absolute atomic E-state index is 0.255. The number of aromatic nitrogens is 1. The Morgan fingerprint density at radius 3 is 2.52 bits per heavy atom. The molecule has 2 aromatic heterocycles. The predicted octanol–water partition coefficient (Wildman–Crippen LogP) is 3.65. The van der Waals surface area contributed by atoms with Gasteiger partial charge in [-0.3, -0.25) is 4.79 Å². The number of nitrogens with one attached hydrogen (secondary N) is 1. The van der Waals surface area contributed by atoms with E-state index < -0.39 is 11.5 Å². The van der Waals surface area contributed by atoms with Gasteiger partial charge >= 0.3 is 5.97 Å². The van der Waals surface area contributed by atoms with Gasteiger partial charge in [0.2, 0.25) is 0 Å². The lowest BCUT2D eigenvalue weighted by Gasteiger charge is -2.07. The maximum Gasteiger partial charge on any atom is 0.342 e. The third-order valence-electron chi connectivity index (χ3n) is 4.13. The van der Waals surface area contributed by atoms with E-state index in [1.54, 1.807) is 37.4 Å². The van der Waals surface area contributed by atoms with Crippen molar-refractivity contribution in [2.75, 3.05) is 7.11 Å². The second-order valence-electron chi connectivity index (χ2n) is 5.54. The van der Waals surface area contributed by atoms with Gasteiger partial charge in [0.15, 0.2) is 5.58 Å². The number of hydrogen-bond acceptors (Lipinski definition) is 4. The number of hydrogen-bond donors (Lipinski definition) is 2. The van der Waals surface area contributed by atoms with Crippen molar-refractivity contribution in [1.82, 2.24) is 4.98 Å². The topological polar surface area (TPSA) is 92.5 Å². The summed E-state index contributed by atoms with van der Waals surface area (Å²) < 4.78 is 11.0. The molecular formula is C19H13NO5. The molecule has 0 atom stereocenters. The zero-order valence-corrected chi connectivity index (χ0v) is 13.2. The van der Waals surface area contributed by atoms with Crippen molar-refractivity contribution in [1.29, 1.82) is 0 Å². The molecule has 6 heteroatoms. The molecule has 124 valence electrons. The second-order valence-corrected chi connectivity index (χ2v) is 5.54. The average molecular weight is 335 g/mol. The first kappa shape index (κ1) is 15.0. The molecule has 0 aliphatic carbocycles. The van der Waals surface area contributed by atoms with Gasteiger partial charge in [0.25, 0.3) is 5.56 Å². The monoisotopic (exact) mass is 335 g/mol. The molecule has 0 saturated carbocycles. The second kappa shape index (κ2) is 5.52. The van der Waals surface area contributed by atoms with Crippen LogP contribution in [0, 0.1) is 0 Å². The average Bonchev–Trinajstić information content (AvgIpc) is 2.98. The van der Waals surface area contributed by atoms with E-state index in [0.717, 1.165) is 5.39 Å². The molecule has 0 aliphatic rings. The number of pyridine rings is 1. The van der Waals surface area contributed by atoms with Gasteiger partial charge in [0.05, 0.1) is 12.6 Å². The molecule has 4 rings (SSSR count). The summed E-state index contributed by atoms with van der Waals surface area (Å²) in [6, 6.07) is 14.0. The number of carboxylic acids is 1. The van der Waals surface area contributed by atoms with E-state index in [4.69, 9.17) is 9.15 Å². The Morgan fingerprint density at radius 2 is 1.84 bits per heavy atom. The maximum atomic E-state index is 12.4. The van der Waals surface area contributed by atoms with Crippen LogP contribution in [-0.4, -0.2) is 23.2 Å². The van der Waals surface area contributed by atoms with Crippen molar-refractivity contribution >= 4 is 28.0 Å². The zero-order chi connectivity index (χ0) is 17.6. The molecule has 0 fully saturated rings. The smallest absolute Gasteiger partial charge is 0.342 e. The SMILES string of the molecule is COc1ccc(-c2c(C(=O)O)c(=O)[nH]c3c2oc2ccccc23)cc1. The highest BCUT2D eigenvalue weighted by atomic mass is 16.5. The van der Waals surface area contributed by atoms with E-state index in [-0.39, 0.29) is 11.1 Å². The third-order valence-corrected chi connectivity index (χ3v) is 4.13. The highest BCUT2D eigenvalue weighted by molar-refractivity contribution is 6.11. The number of benzene rings is 2. The number of fused-ring (bicyclic) bond motifs is 3. The van der Waals surface area contributed by atoms with Crippen LogP contribution in [0.2, 0.25) is 0 Å². The number of ether oxygens (including phenoxy) is 1. The lowest BCUT2D eigenvalue weighted by atomic mass is 9.99. The van der Waals surface area contributed by atoms with E-state index in [9.17, 15) is 14.7 Å². The molecule has 2 N–H and O–H groups in total. The summed E-state index contributed by atoms with van der Waals surface area (Å²) in [5.41, 5.74) is 1.19. The molecule has 0 spiro atoms. The number of rotatable bonds is 3. The van der Waals surface area contributed by atoms with Gasteiger partial charge in [0.1, 0.15) is 16.9 Å². The van der Waals surface area contributed by atoms with Gasteiger partial charge in [0, 0.05) is 10.9 Å². The number of carbonyl (C=O) groups is 1. The Bertz CT molecular complexity index is 1170. The molecule has 0 amide bonds. The van der Waals surface area contributed by atoms with Crippen molar-refractivity contribution in [3.63, 3.8) is 0 Å². The fraction of sp³-hybridized carbons (Fsp3) is 0.0526. The molecule has 0 unspecified atom stereocenters. The summed E-state index contributed by atoms with van der Waals surface area (Å²) in [6.45, 7) is 0. The molecule has 0 radical (unpaired) electrons. The lowest BCUT2D eigenvalue weighted by molar-refractivity contribution is 0.0696. The fourth-order valence-corrected chi connectivity index (χ4v) is 2.99. The van der Waals surface area contributed by atoms with Gasteiger partial charge in [-0.25, -0.2) is 4.79 Å². The highest BCUT2D eigenvalue weighted by Gasteiger charge is 2.23. The van der Waals surface area contributed by atoms with Crippen LogP contribution in [0.25, 0.3) is 33.2 Å². The highest BCUT2D eigenvalue weighted by Crippen LogP contribution is 2.35. The van der Waals surface area contributed by atoms with Crippen LogP contribution in [0.1, 0.15) is 10.4 Å². The normalized spacial score (nSPS) is 11.1. The van der Waals surface area contributed by atoms with Crippen LogP contribution in [-0.2, 0) is 0 Å². The van der Waals surface area contributed by atoms with E-state index >= 15 is 0 Å². The number of aromatic carboxylic acids is 1. The number of furan rings is 1. The fourth-order valence-electron chi connectivity index (χ4n) is 2.99. The standard InChI is InChI=1S/C19H13NO5/c1-24-11-8-6-10(7-9-11)14-15(19(22)23)18(21)20-16-12-4-2-3-5-13(12)25-17(14)16/h2-9H,1H3,(H,20,21)(H,22,23). The van der Waals surface area contributed by atoms with Gasteiger partial charge in [-0.05, 0) is 29.8 Å². The maximum absolute atomic E-state index is 12.4. The Hall–Kier alpha value is -3.54. The Kier molecular flexibility index (Phi) is 3.32. The predicted molar refractivity (Wildman–Crippen MR) is 93.3 cm³/mol. The van der Waals surface area contributed by atoms with Gasteiger partial charge in [-0.1, -0.05) is 24.3 Å². The van der Waals surface area contributed by atoms with Gasteiger partial charge < -0.3 is 19.2 Å². The summed E-state index contributed by atoms with van der Waals surface area (Å²) in [4.78, 5) is 26.8. The van der Waals surface area contributed by atoms with Gasteiger partial charge in [-0.2, -0.15) is 0 Å². The number of aromatic amines is 1. The van der Waals surface area contributed by atoms with E-state index in [2.05, 4.69) is 4.98 Å². The first-order valence-corrected chi connectivity index (χ1v) is 7.55. The first-order chi connectivity index (χ1) is 12.1. The van der Waals surface area contributed by atoms with Crippen molar-refractivity contribution in [2.45, 2.75) is 0 Å². The van der Waals surface area contributed by atoms with Crippen molar-refractivity contribution in [3.8, 4) is 16.9 Å². The molecule has 0 aliphatic heterocycles. The minimum Gasteiger partial charge on any atom is -0.497 e. The first-order valence-electron chi connectivity index (χ1n) is 7.55. The number of carboxylic acid groups (broad SMARTS) is 1. The Balaban J connectivity index is 2.16. The van der Waals surface area contributed by atoms with Crippen LogP contribution >= 0.6 is 0 Å². The van der Waals surface area contributed by atoms with E-state index in [1.165, 1.54) is 0 Å². The van der Waals surface area contributed by atoms with Crippen LogP contribution < -0.4 is 10.3 Å². The van der Waals surface area contributed by atoms with E-state index in [0.29, 0.717) is 28.0 Å². The van der Waals surface area contributed by atoms with Crippen molar-refractivity contribution < 1.29 is 19.1 Å².